The number of nitrogens with two attached hydrogens (primary N) is 1. The zero-order valence-corrected chi connectivity index (χ0v) is 10.2. The summed E-state index contributed by atoms with van der Waals surface area (Å²) in [5.74, 6) is -5.08. The summed E-state index contributed by atoms with van der Waals surface area (Å²) in [6.45, 7) is 0. The lowest BCUT2D eigenvalue weighted by atomic mass is 9.98. The molecule has 0 spiro atoms. The number of rotatable bonds is 2. The molecule has 2 N–H and O–H groups in total. The molecule has 1 unspecified atom stereocenters. The van der Waals surface area contributed by atoms with Gasteiger partial charge in [0.05, 0.1) is 11.1 Å². The summed E-state index contributed by atoms with van der Waals surface area (Å²) in [6.07, 6.45) is 0. The maximum atomic E-state index is 13.6. The summed E-state index contributed by atoms with van der Waals surface area (Å²) in [6, 6.07) is 4.39. The molecule has 6 heteroatoms. The Hall–Kier alpha value is -1.59. The summed E-state index contributed by atoms with van der Waals surface area (Å²) in [5.41, 5.74) is 5.52. The molecule has 0 saturated heterocycles. The molecule has 0 heterocycles. The monoisotopic (exact) mass is 289 g/mol. The average Bonchev–Trinajstić information content (AvgIpc) is 2.39. The summed E-state index contributed by atoms with van der Waals surface area (Å²) in [4.78, 5) is 0. The molecule has 0 fully saturated rings. The average molecular weight is 290 g/mol. The van der Waals surface area contributed by atoms with E-state index in [4.69, 9.17) is 17.3 Å². The Labute approximate surface area is 111 Å². The first-order valence-corrected chi connectivity index (χ1v) is 5.64. The molecule has 0 bridgehead atoms. The molecule has 1 nitrogen and oxygen atoms in total. The van der Waals surface area contributed by atoms with E-state index < -0.39 is 29.3 Å². The number of halogens is 5. The van der Waals surface area contributed by atoms with Crippen molar-refractivity contribution in [2.75, 3.05) is 0 Å². The number of benzene rings is 2. The van der Waals surface area contributed by atoms with Crippen molar-refractivity contribution < 1.29 is 17.6 Å². The van der Waals surface area contributed by atoms with E-state index in [0.29, 0.717) is 0 Å². The SMILES string of the molecule is NC(c1ccc(F)c(F)c1F)c1cccc(F)c1Cl. The Bertz CT molecular complexity index is 630. The summed E-state index contributed by atoms with van der Waals surface area (Å²) >= 11 is 5.72. The quantitative estimate of drug-likeness (QED) is 0.657. The maximum Gasteiger partial charge on any atom is 0.194 e. The Kier molecular flexibility index (Phi) is 3.78. The van der Waals surface area contributed by atoms with Crippen molar-refractivity contribution in [3.8, 4) is 0 Å². The van der Waals surface area contributed by atoms with Crippen LogP contribution in [0.5, 0.6) is 0 Å². The summed E-state index contributed by atoms with van der Waals surface area (Å²) in [7, 11) is 0. The van der Waals surface area contributed by atoms with E-state index in [9.17, 15) is 17.6 Å². The van der Waals surface area contributed by atoms with E-state index >= 15 is 0 Å². The van der Waals surface area contributed by atoms with Gasteiger partial charge < -0.3 is 5.73 Å². The van der Waals surface area contributed by atoms with Crippen LogP contribution in [-0.4, -0.2) is 0 Å². The third-order valence-corrected chi connectivity index (χ3v) is 3.12. The van der Waals surface area contributed by atoms with Gasteiger partial charge in [-0.15, -0.1) is 0 Å². The smallest absolute Gasteiger partial charge is 0.194 e. The van der Waals surface area contributed by atoms with Crippen LogP contribution in [-0.2, 0) is 0 Å². The Morgan fingerprint density at radius 1 is 0.842 bits per heavy atom. The fourth-order valence-corrected chi connectivity index (χ4v) is 1.95. The fourth-order valence-electron chi connectivity index (χ4n) is 1.71. The first-order chi connectivity index (χ1) is 8.93. The molecular formula is C13H8ClF4N. The van der Waals surface area contributed by atoms with Crippen LogP contribution < -0.4 is 5.73 Å². The third-order valence-electron chi connectivity index (χ3n) is 2.72. The zero-order valence-electron chi connectivity index (χ0n) is 9.43. The van der Waals surface area contributed by atoms with Gasteiger partial charge in [-0.05, 0) is 17.7 Å². The Morgan fingerprint density at radius 2 is 1.53 bits per heavy atom. The van der Waals surface area contributed by atoms with Crippen LogP contribution in [0.4, 0.5) is 17.6 Å². The van der Waals surface area contributed by atoms with Crippen molar-refractivity contribution >= 4 is 11.6 Å². The van der Waals surface area contributed by atoms with Crippen LogP contribution in [0, 0.1) is 23.3 Å². The van der Waals surface area contributed by atoms with E-state index in [0.717, 1.165) is 18.2 Å². The molecule has 100 valence electrons. The van der Waals surface area contributed by atoms with Gasteiger partial charge in [0, 0.05) is 5.56 Å². The first kappa shape index (κ1) is 13.8. The predicted octanol–water partition coefficient (Wildman–Crippen LogP) is 3.94. The molecule has 1 atom stereocenters. The minimum absolute atomic E-state index is 0.0894. The molecule has 0 saturated carbocycles. The third kappa shape index (κ3) is 2.43. The van der Waals surface area contributed by atoms with Crippen LogP contribution in [0.25, 0.3) is 0 Å². The molecule has 0 aromatic heterocycles. The van der Waals surface area contributed by atoms with E-state index in [2.05, 4.69) is 0 Å². The van der Waals surface area contributed by atoms with Crippen LogP contribution in [0.2, 0.25) is 5.02 Å². The van der Waals surface area contributed by atoms with E-state index in [1.54, 1.807) is 0 Å². The molecule has 2 aromatic carbocycles. The van der Waals surface area contributed by atoms with Gasteiger partial charge in [0.25, 0.3) is 0 Å². The molecule has 2 rings (SSSR count). The van der Waals surface area contributed by atoms with Crippen molar-refractivity contribution in [2.45, 2.75) is 6.04 Å². The second-order valence-electron chi connectivity index (χ2n) is 3.89. The zero-order chi connectivity index (χ0) is 14.2. The van der Waals surface area contributed by atoms with Gasteiger partial charge in [-0.2, -0.15) is 0 Å². The highest BCUT2D eigenvalue weighted by molar-refractivity contribution is 6.31. The molecule has 0 aliphatic heterocycles. The molecule has 0 aliphatic rings. The maximum absolute atomic E-state index is 13.6. The van der Waals surface area contributed by atoms with Gasteiger partial charge in [-0.1, -0.05) is 29.8 Å². The summed E-state index contributed by atoms with van der Waals surface area (Å²) in [5, 5.41) is -0.279. The van der Waals surface area contributed by atoms with Gasteiger partial charge >= 0.3 is 0 Å². The van der Waals surface area contributed by atoms with E-state index in [1.807, 2.05) is 0 Å². The lowest BCUT2D eigenvalue weighted by Gasteiger charge is -2.15. The summed E-state index contributed by atoms with van der Waals surface area (Å²) < 4.78 is 52.8. The first-order valence-electron chi connectivity index (χ1n) is 5.26. The van der Waals surface area contributed by atoms with E-state index in [1.165, 1.54) is 12.1 Å². The van der Waals surface area contributed by atoms with Gasteiger partial charge in [0.2, 0.25) is 0 Å². The molecule has 0 radical (unpaired) electrons. The van der Waals surface area contributed by atoms with E-state index in [-0.39, 0.29) is 16.1 Å². The highest BCUT2D eigenvalue weighted by Gasteiger charge is 2.21. The molecule has 0 aliphatic carbocycles. The minimum Gasteiger partial charge on any atom is -0.320 e. The fraction of sp³-hybridized carbons (Fsp3) is 0.0769. The molecular weight excluding hydrogens is 282 g/mol. The molecule has 19 heavy (non-hydrogen) atoms. The van der Waals surface area contributed by atoms with Crippen LogP contribution >= 0.6 is 11.6 Å². The van der Waals surface area contributed by atoms with Gasteiger partial charge in [-0.3, -0.25) is 0 Å². The normalized spacial score (nSPS) is 12.5. The predicted molar refractivity (Wildman–Crippen MR) is 63.8 cm³/mol. The van der Waals surface area contributed by atoms with Crippen molar-refractivity contribution in [2.24, 2.45) is 5.73 Å². The van der Waals surface area contributed by atoms with Crippen LogP contribution in [0.3, 0.4) is 0 Å². The molecule has 2 aromatic rings. The highest BCUT2D eigenvalue weighted by atomic mass is 35.5. The molecule has 0 amide bonds. The second-order valence-corrected chi connectivity index (χ2v) is 4.26. The Balaban J connectivity index is 2.53. The van der Waals surface area contributed by atoms with Gasteiger partial charge in [-0.25, -0.2) is 17.6 Å². The topological polar surface area (TPSA) is 26.0 Å². The van der Waals surface area contributed by atoms with Crippen LogP contribution in [0.1, 0.15) is 17.2 Å². The lowest BCUT2D eigenvalue weighted by molar-refractivity contribution is 0.438. The van der Waals surface area contributed by atoms with Gasteiger partial charge in [0.1, 0.15) is 5.82 Å². The largest absolute Gasteiger partial charge is 0.320 e. The van der Waals surface area contributed by atoms with Crippen molar-refractivity contribution in [3.63, 3.8) is 0 Å². The number of hydrogen-bond acceptors (Lipinski definition) is 1. The van der Waals surface area contributed by atoms with Crippen molar-refractivity contribution in [1.82, 2.24) is 0 Å². The van der Waals surface area contributed by atoms with Crippen LogP contribution in [0.15, 0.2) is 30.3 Å². The standard InChI is InChI=1S/C13H8ClF4N/c14-10-6(2-1-3-8(10)15)13(19)7-4-5-9(16)12(18)11(7)17/h1-5,13H,19H2. The van der Waals surface area contributed by atoms with Crippen molar-refractivity contribution in [1.29, 1.82) is 0 Å². The Morgan fingerprint density at radius 3 is 2.21 bits per heavy atom. The second kappa shape index (κ2) is 5.19. The minimum atomic E-state index is -1.62. The van der Waals surface area contributed by atoms with Crippen molar-refractivity contribution in [3.05, 3.63) is 69.8 Å². The highest BCUT2D eigenvalue weighted by Crippen LogP contribution is 2.30. The number of hydrogen-bond donors (Lipinski definition) is 1. The lowest BCUT2D eigenvalue weighted by Crippen LogP contribution is -2.16. The van der Waals surface area contributed by atoms with Gasteiger partial charge in [0.15, 0.2) is 17.5 Å².